The molecule has 0 saturated carbocycles. The fourth-order valence-corrected chi connectivity index (χ4v) is 1.34. The zero-order valence-corrected chi connectivity index (χ0v) is 10.7. The molecule has 0 N–H and O–H groups in total. The lowest BCUT2D eigenvalue weighted by Gasteiger charge is -2.09. The first-order valence-corrected chi connectivity index (χ1v) is 5.85. The zero-order valence-electron chi connectivity index (χ0n) is 10.7. The van der Waals surface area contributed by atoms with Crippen molar-refractivity contribution < 1.29 is 13.5 Å². The molecular formula is C15H16F2O. The molecule has 2 aromatic carbocycles. The Balaban J connectivity index is 0.000000771. The lowest BCUT2D eigenvalue weighted by molar-refractivity contribution is 0.462. The van der Waals surface area contributed by atoms with Gasteiger partial charge in [0, 0.05) is 17.7 Å². The standard InChI is InChI=1S/C13H10F2O.C2H6/c1-9-12(15)7-10(14)8-13(9)16-11-5-3-2-4-6-11;1-2/h2-8H,1H3;1-2H3. The minimum Gasteiger partial charge on any atom is -0.457 e. The summed E-state index contributed by atoms with van der Waals surface area (Å²) in [5.74, 6) is -0.501. The maximum Gasteiger partial charge on any atom is 0.136 e. The summed E-state index contributed by atoms with van der Waals surface area (Å²) in [7, 11) is 0. The highest BCUT2D eigenvalue weighted by molar-refractivity contribution is 5.38. The lowest BCUT2D eigenvalue weighted by Crippen LogP contribution is -1.92. The van der Waals surface area contributed by atoms with Gasteiger partial charge < -0.3 is 4.74 Å². The summed E-state index contributed by atoms with van der Waals surface area (Å²) in [6.45, 7) is 5.55. The van der Waals surface area contributed by atoms with E-state index >= 15 is 0 Å². The minimum atomic E-state index is -0.644. The highest BCUT2D eigenvalue weighted by Gasteiger charge is 2.08. The van der Waals surface area contributed by atoms with E-state index in [9.17, 15) is 8.78 Å². The third-order valence-electron chi connectivity index (χ3n) is 2.23. The molecule has 0 saturated heterocycles. The molecule has 0 atom stereocenters. The fourth-order valence-electron chi connectivity index (χ4n) is 1.34. The van der Waals surface area contributed by atoms with Crippen molar-refractivity contribution in [2.24, 2.45) is 0 Å². The van der Waals surface area contributed by atoms with Crippen LogP contribution < -0.4 is 4.74 Å². The maximum absolute atomic E-state index is 13.2. The van der Waals surface area contributed by atoms with Gasteiger partial charge in [0.05, 0.1) is 0 Å². The molecule has 0 radical (unpaired) electrons. The summed E-state index contributed by atoms with van der Waals surface area (Å²) in [4.78, 5) is 0. The Morgan fingerprint density at radius 2 is 1.56 bits per heavy atom. The second-order valence-electron chi connectivity index (χ2n) is 3.43. The van der Waals surface area contributed by atoms with Gasteiger partial charge >= 0.3 is 0 Å². The van der Waals surface area contributed by atoms with Gasteiger partial charge in [-0.15, -0.1) is 0 Å². The molecule has 0 unspecified atom stereocenters. The first-order valence-electron chi connectivity index (χ1n) is 5.85. The van der Waals surface area contributed by atoms with Crippen molar-refractivity contribution in [3.8, 4) is 11.5 Å². The van der Waals surface area contributed by atoms with Crippen LogP contribution in [0.1, 0.15) is 19.4 Å². The topological polar surface area (TPSA) is 9.23 Å². The second kappa shape index (κ2) is 6.74. The van der Waals surface area contributed by atoms with Gasteiger partial charge in [0.15, 0.2) is 0 Å². The van der Waals surface area contributed by atoms with Crippen LogP contribution >= 0.6 is 0 Å². The average Bonchev–Trinajstić information content (AvgIpc) is 2.39. The van der Waals surface area contributed by atoms with E-state index < -0.39 is 11.6 Å². The van der Waals surface area contributed by atoms with Crippen LogP contribution in [0.4, 0.5) is 8.78 Å². The molecule has 0 aliphatic heterocycles. The second-order valence-corrected chi connectivity index (χ2v) is 3.43. The smallest absolute Gasteiger partial charge is 0.136 e. The van der Waals surface area contributed by atoms with E-state index in [0.717, 1.165) is 6.07 Å². The number of benzene rings is 2. The molecule has 18 heavy (non-hydrogen) atoms. The Kier molecular flexibility index (Phi) is 5.31. The van der Waals surface area contributed by atoms with Crippen LogP contribution in [0.3, 0.4) is 0 Å². The molecule has 3 heteroatoms. The van der Waals surface area contributed by atoms with Gasteiger partial charge in [0.25, 0.3) is 0 Å². The van der Waals surface area contributed by atoms with Gasteiger partial charge in [-0.3, -0.25) is 0 Å². The summed E-state index contributed by atoms with van der Waals surface area (Å²) < 4.78 is 31.6. The van der Waals surface area contributed by atoms with E-state index in [1.165, 1.54) is 6.07 Å². The van der Waals surface area contributed by atoms with Crippen molar-refractivity contribution in [1.29, 1.82) is 0 Å². The lowest BCUT2D eigenvalue weighted by atomic mass is 10.2. The molecule has 0 aromatic heterocycles. The number of hydrogen-bond acceptors (Lipinski definition) is 1. The Morgan fingerprint density at radius 1 is 0.944 bits per heavy atom. The van der Waals surface area contributed by atoms with Gasteiger partial charge in [-0.2, -0.15) is 0 Å². The molecule has 0 spiro atoms. The van der Waals surface area contributed by atoms with Gasteiger partial charge in [-0.25, -0.2) is 8.78 Å². The Hall–Kier alpha value is -1.90. The number of rotatable bonds is 2. The van der Waals surface area contributed by atoms with Crippen LogP contribution in [-0.4, -0.2) is 0 Å². The third kappa shape index (κ3) is 3.55. The number of halogens is 2. The van der Waals surface area contributed by atoms with E-state index in [0.29, 0.717) is 11.3 Å². The van der Waals surface area contributed by atoms with Crippen molar-refractivity contribution in [3.63, 3.8) is 0 Å². The fraction of sp³-hybridized carbons (Fsp3) is 0.200. The summed E-state index contributed by atoms with van der Waals surface area (Å²) in [5, 5.41) is 0. The van der Waals surface area contributed by atoms with Gasteiger partial charge in [-0.1, -0.05) is 32.0 Å². The molecule has 0 amide bonds. The molecule has 0 aliphatic carbocycles. The predicted molar refractivity (Wildman–Crippen MR) is 69.0 cm³/mol. The molecule has 0 fully saturated rings. The molecule has 0 bridgehead atoms. The van der Waals surface area contributed by atoms with Crippen molar-refractivity contribution in [1.82, 2.24) is 0 Å². The quantitative estimate of drug-likeness (QED) is 0.721. The molecule has 0 heterocycles. The SMILES string of the molecule is CC.Cc1c(F)cc(F)cc1Oc1ccccc1. The Morgan fingerprint density at radius 3 is 2.17 bits per heavy atom. The molecule has 2 aromatic rings. The first-order chi connectivity index (χ1) is 8.66. The molecule has 2 rings (SSSR count). The zero-order chi connectivity index (χ0) is 13.5. The summed E-state index contributed by atoms with van der Waals surface area (Å²) in [6, 6.07) is 10.9. The van der Waals surface area contributed by atoms with Crippen LogP contribution in [0, 0.1) is 18.6 Å². The van der Waals surface area contributed by atoms with E-state index in [-0.39, 0.29) is 5.75 Å². The van der Waals surface area contributed by atoms with Crippen molar-refractivity contribution in [3.05, 3.63) is 59.7 Å². The predicted octanol–water partition coefficient (Wildman–Crippen LogP) is 5.09. The van der Waals surface area contributed by atoms with Crippen LogP contribution in [-0.2, 0) is 0 Å². The number of para-hydroxylation sites is 1. The van der Waals surface area contributed by atoms with Crippen molar-refractivity contribution >= 4 is 0 Å². The van der Waals surface area contributed by atoms with Gasteiger partial charge in [-0.05, 0) is 19.1 Å². The highest BCUT2D eigenvalue weighted by Crippen LogP contribution is 2.27. The number of ether oxygens (including phenoxy) is 1. The van der Waals surface area contributed by atoms with Crippen LogP contribution in [0.15, 0.2) is 42.5 Å². The normalized spacial score (nSPS) is 9.39. The Bertz CT molecular complexity index is 495. The van der Waals surface area contributed by atoms with Crippen molar-refractivity contribution in [2.75, 3.05) is 0 Å². The van der Waals surface area contributed by atoms with Gasteiger partial charge in [0.1, 0.15) is 23.1 Å². The van der Waals surface area contributed by atoms with E-state index in [1.54, 1.807) is 31.2 Å². The molecular weight excluding hydrogens is 234 g/mol. The van der Waals surface area contributed by atoms with E-state index in [2.05, 4.69) is 0 Å². The minimum absolute atomic E-state index is 0.198. The van der Waals surface area contributed by atoms with Gasteiger partial charge in [0.2, 0.25) is 0 Å². The first kappa shape index (κ1) is 14.2. The summed E-state index contributed by atoms with van der Waals surface area (Å²) >= 11 is 0. The molecule has 0 aliphatic rings. The van der Waals surface area contributed by atoms with Crippen LogP contribution in [0.5, 0.6) is 11.5 Å². The molecule has 96 valence electrons. The maximum atomic E-state index is 13.2. The highest BCUT2D eigenvalue weighted by atomic mass is 19.1. The van der Waals surface area contributed by atoms with E-state index in [1.807, 2.05) is 19.9 Å². The monoisotopic (exact) mass is 250 g/mol. The van der Waals surface area contributed by atoms with E-state index in [4.69, 9.17) is 4.74 Å². The largest absolute Gasteiger partial charge is 0.457 e. The summed E-state index contributed by atoms with van der Waals surface area (Å²) in [6.07, 6.45) is 0. The summed E-state index contributed by atoms with van der Waals surface area (Å²) in [5.41, 5.74) is 0.297. The average molecular weight is 250 g/mol. The number of hydrogen-bond donors (Lipinski definition) is 0. The van der Waals surface area contributed by atoms with Crippen LogP contribution in [0.25, 0.3) is 0 Å². The van der Waals surface area contributed by atoms with Crippen LogP contribution in [0.2, 0.25) is 0 Å². The Labute approximate surface area is 106 Å². The van der Waals surface area contributed by atoms with Crippen molar-refractivity contribution in [2.45, 2.75) is 20.8 Å². The molecule has 1 nitrogen and oxygen atoms in total. The third-order valence-corrected chi connectivity index (χ3v) is 2.23.